The van der Waals surface area contributed by atoms with Gasteiger partial charge in [0.1, 0.15) is 22.8 Å². The highest BCUT2D eigenvalue weighted by Gasteiger charge is 2.13. The molecule has 0 amide bonds. The van der Waals surface area contributed by atoms with Gasteiger partial charge in [0.25, 0.3) is 0 Å². The van der Waals surface area contributed by atoms with Gasteiger partial charge in [-0.25, -0.2) is 0 Å². The second kappa shape index (κ2) is 6.02. The highest BCUT2D eigenvalue weighted by Crippen LogP contribution is 2.31. The normalized spacial score (nSPS) is 11.0. The van der Waals surface area contributed by atoms with Crippen molar-refractivity contribution in [2.45, 2.75) is 19.9 Å². The minimum absolute atomic E-state index is 0.743. The number of fused-ring (bicyclic) bond motifs is 1. The highest BCUT2D eigenvalue weighted by molar-refractivity contribution is 5.83. The average molecular weight is 281 g/mol. The number of hydrogen-bond acceptors (Lipinski definition) is 3. The van der Waals surface area contributed by atoms with Gasteiger partial charge in [0.2, 0.25) is 0 Å². The predicted octanol–water partition coefficient (Wildman–Crippen LogP) is 4.51. The van der Waals surface area contributed by atoms with Gasteiger partial charge >= 0.3 is 0 Å². The Labute approximate surface area is 124 Å². The molecular formula is C18H19NO2. The molecular weight excluding hydrogens is 262 g/mol. The molecule has 0 spiro atoms. The smallest absolute Gasteiger partial charge is 0.134 e. The van der Waals surface area contributed by atoms with Crippen molar-refractivity contribution in [1.82, 2.24) is 5.32 Å². The van der Waals surface area contributed by atoms with Crippen LogP contribution in [-0.2, 0) is 13.0 Å². The maximum Gasteiger partial charge on any atom is 0.134 e. The van der Waals surface area contributed by atoms with Crippen LogP contribution in [0.4, 0.5) is 0 Å². The van der Waals surface area contributed by atoms with E-state index in [0.29, 0.717) is 0 Å². The van der Waals surface area contributed by atoms with Gasteiger partial charge in [0.05, 0.1) is 6.54 Å². The van der Waals surface area contributed by atoms with Gasteiger partial charge in [-0.3, -0.25) is 0 Å². The first-order valence-corrected chi connectivity index (χ1v) is 7.23. The summed E-state index contributed by atoms with van der Waals surface area (Å²) in [5, 5.41) is 4.28. The number of hydrogen-bond donors (Lipinski definition) is 1. The van der Waals surface area contributed by atoms with Crippen LogP contribution in [0.1, 0.15) is 18.2 Å². The molecule has 0 radical (unpaired) electrons. The second-order valence-corrected chi connectivity index (χ2v) is 4.96. The topological polar surface area (TPSA) is 34.4 Å². The Kier molecular flexibility index (Phi) is 3.93. The Balaban J connectivity index is 1.99. The third kappa shape index (κ3) is 2.78. The lowest BCUT2D eigenvalue weighted by atomic mass is 10.1. The molecule has 3 heteroatoms. The number of benzene rings is 2. The number of aryl methyl sites for hydroxylation is 1. The highest BCUT2D eigenvalue weighted by atomic mass is 16.5. The quantitative estimate of drug-likeness (QED) is 0.747. The SMILES string of the molecule is CCc1c(CNC)oc2ccc(Oc3ccccc3)cc12. The zero-order chi connectivity index (χ0) is 14.7. The lowest BCUT2D eigenvalue weighted by Crippen LogP contribution is -2.05. The van der Waals surface area contributed by atoms with E-state index in [1.807, 2.05) is 49.5 Å². The fourth-order valence-electron chi connectivity index (χ4n) is 2.56. The van der Waals surface area contributed by atoms with Crippen LogP contribution >= 0.6 is 0 Å². The number of nitrogens with one attached hydrogen (secondary N) is 1. The Morgan fingerprint density at radius 2 is 1.86 bits per heavy atom. The fraction of sp³-hybridized carbons (Fsp3) is 0.222. The molecule has 0 saturated heterocycles. The molecule has 0 fully saturated rings. The molecule has 0 aliphatic rings. The molecule has 0 unspecified atom stereocenters. The van der Waals surface area contributed by atoms with Crippen LogP contribution in [0.2, 0.25) is 0 Å². The second-order valence-electron chi connectivity index (χ2n) is 4.96. The third-order valence-corrected chi connectivity index (χ3v) is 3.52. The van der Waals surface area contributed by atoms with Crippen LogP contribution < -0.4 is 10.1 Å². The van der Waals surface area contributed by atoms with Gasteiger partial charge in [-0.2, -0.15) is 0 Å². The van der Waals surface area contributed by atoms with Crippen molar-refractivity contribution in [2.24, 2.45) is 0 Å². The molecule has 1 heterocycles. The first-order valence-electron chi connectivity index (χ1n) is 7.23. The number of furan rings is 1. The standard InChI is InChI=1S/C18H19NO2/c1-3-15-16-11-14(20-13-7-5-4-6-8-13)9-10-17(16)21-18(15)12-19-2/h4-11,19H,3,12H2,1-2H3. The van der Waals surface area contributed by atoms with Gasteiger partial charge in [-0.1, -0.05) is 25.1 Å². The summed E-state index contributed by atoms with van der Waals surface area (Å²) in [6, 6.07) is 15.8. The molecule has 21 heavy (non-hydrogen) atoms. The summed E-state index contributed by atoms with van der Waals surface area (Å²) >= 11 is 0. The van der Waals surface area contributed by atoms with Crippen molar-refractivity contribution in [3.63, 3.8) is 0 Å². The van der Waals surface area contributed by atoms with Crippen molar-refractivity contribution in [3.05, 3.63) is 59.9 Å². The van der Waals surface area contributed by atoms with E-state index in [9.17, 15) is 0 Å². The van der Waals surface area contributed by atoms with E-state index in [1.54, 1.807) is 0 Å². The summed E-state index contributed by atoms with van der Waals surface area (Å²) in [7, 11) is 1.93. The molecule has 1 aromatic heterocycles. The number of ether oxygens (including phenoxy) is 1. The van der Waals surface area contributed by atoms with Crippen molar-refractivity contribution >= 4 is 11.0 Å². The molecule has 0 bridgehead atoms. The fourth-order valence-corrected chi connectivity index (χ4v) is 2.56. The van der Waals surface area contributed by atoms with Gasteiger partial charge < -0.3 is 14.5 Å². The lowest BCUT2D eigenvalue weighted by Gasteiger charge is -2.05. The summed E-state index contributed by atoms with van der Waals surface area (Å²) in [5.74, 6) is 2.68. The van der Waals surface area contributed by atoms with Gasteiger partial charge in [-0.15, -0.1) is 0 Å². The van der Waals surface area contributed by atoms with E-state index in [2.05, 4.69) is 18.3 Å². The molecule has 2 aromatic carbocycles. The summed E-state index contributed by atoms with van der Waals surface area (Å²) in [5.41, 5.74) is 2.16. The number of para-hydroxylation sites is 1. The van der Waals surface area contributed by atoms with Crippen molar-refractivity contribution in [1.29, 1.82) is 0 Å². The lowest BCUT2D eigenvalue weighted by molar-refractivity contribution is 0.483. The zero-order valence-corrected chi connectivity index (χ0v) is 12.3. The molecule has 0 aliphatic carbocycles. The minimum Gasteiger partial charge on any atom is -0.459 e. The summed E-state index contributed by atoms with van der Waals surface area (Å²) < 4.78 is 11.8. The van der Waals surface area contributed by atoms with Crippen molar-refractivity contribution in [2.75, 3.05) is 7.05 Å². The molecule has 3 rings (SSSR count). The third-order valence-electron chi connectivity index (χ3n) is 3.52. The Morgan fingerprint density at radius 1 is 1.05 bits per heavy atom. The van der Waals surface area contributed by atoms with Crippen LogP contribution in [0.25, 0.3) is 11.0 Å². The molecule has 0 saturated carbocycles. The van der Waals surface area contributed by atoms with Gasteiger partial charge in [-0.05, 0) is 43.8 Å². The van der Waals surface area contributed by atoms with Gasteiger partial charge in [0, 0.05) is 10.9 Å². The van der Waals surface area contributed by atoms with E-state index in [0.717, 1.165) is 41.2 Å². The summed E-state index contributed by atoms with van der Waals surface area (Å²) in [6.45, 7) is 2.89. The number of rotatable bonds is 5. The van der Waals surface area contributed by atoms with E-state index in [1.165, 1.54) is 5.56 Å². The maximum atomic E-state index is 5.92. The molecule has 1 N–H and O–H groups in total. The average Bonchev–Trinajstić information content (AvgIpc) is 2.85. The monoisotopic (exact) mass is 281 g/mol. The molecule has 0 aliphatic heterocycles. The molecule has 3 aromatic rings. The minimum atomic E-state index is 0.743. The van der Waals surface area contributed by atoms with E-state index >= 15 is 0 Å². The van der Waals surface area contributed by atoms with Crippen molar-refractivity contribution < 1.29 is 9.15 Å². The van der Waals surface area contributed by atoms with E-state index < -0.39 is 0 Å². The Morgan fingerprint density at radius 3 is 2.57 bits per heavy atom. The first kappa shape index (κ1) is 13.7. The summed E-state index contributed by atoms with van der Waals surface area (Å²) in [6.07, 6.45) is 0.943. The van der Waals surface area contributed by atoms with Crippen LogP contribution in [-0.4, -0.2) is 7.05 Å². The van der Waals surface area contributed by atoms with Crippen LogP contribution in [0.3, 0.4) is 0 Å². The molecule has 108 valence electrons. The Bertz CT molecular complexity index is 732. The van der Waals surface area contributed by atoms with E-state index in [4.69, 9.17) is 9.15 Å². The first-order chi connectivity index (χ1) is 10.3. The predicted molar refractivity (Wildman–Crippen MR) is 84.9 cm³/mol. The molecule has 0 atom stereocenters. The Hall–Kier alpha value is -2.26. The summed E-state index contributed by atoms with van der Waals surface area (Å²) in [4.78, 5) is 0. The molecule has 3 nitrogen and oxygen atoms in total. The zero-order valence-electron chi connectivity index (χ0n) is 12.3. The van der Waals surface area contributed by atoms with Crippen LogP contribution in [0, 0.1) is 0 Å². The van der Waals surface area contributed by atoms with Crippen molar-refractivity contribution in [3.8, 4) is 11.5 Å². The van der Waals surface area contributed by atoms with Gasteiger partial charge in [0.15, 0.2) is 0 Å². The van der Waals surface area contributed by atoms with Crippen LogP contribution in [0.5, 0.6) is 11.5 Å². The van der Waals surface area contributed by atoms with Crippen LogP contribution in [0.15, 0.2) is 52.9 Å². The largest absolute Gasteiger partial charge is 0.459 e. The van der Waals surface area contributed by atoms with E-state index in [-0.39, 0.29) is 0 Å². The maximum absolute atomic E-state index is 5.92.